The fourth-order valence-electron chi connectivity index (χ4n) is 8.55. The lowest BCUT2D eigenvalue weighted by atomic mass is 9.97. The molecule has 0 unspecified atom stereocenters. The Morgan fingerprint density at radius 3 is 2.21 bits per heavy atom. The number of ether oxygens (including phenoxy) is 1. The molecule has 3 aliphatic rings. The Morgan fingerprint density at radius 2 is 1.51 bits per heavy atom. The van der Waals surface area contributed by atoms with E-state index in [0.717, 1.165) is 50.6 Å². The van der Waals surface area contributed by atoms with Gasteiger partial charge in [0, 0.05) is 114 Å². The van der Waals surface area contributed by atoms with Crippen molar-refractivity contribution < 1.29 is 33.5 Å². The SMILES string of the molecule is Cc1csc2c(OC(=O)N3CCN(C)CC3)cc3c(c12)[C@H](CCl)CN3C(=O)c1cc2cc(NC(=O)c3cc4cc(NC(=O)CCCCCN5C(=O)C=CC5=O)ccc4[nH]3)ccc2[nH]1. The summed E-state index contributed by atoms with van der Waals surface area (Å²) in [7, 11) is 2.03. The molecule has 6 aromatic rings. The first-order valence-corrected chi connectivity index (χ1v) is 22.3. The molecule has 0 aliphatic carbocycles. The lowest BCUT2D eigenvalue weighted by Crippen LogP contribution is -2.48. The molecule has 3 aliphatic heterocycles. The lowest BCUT2D eigenvalue weighted by Gasteiger charge is -2.31. The van der Waals surface area contributed by atoms with Crippen LogP contribution in [0.25, 0.3) is 31.9 Å². The van der Waals surface area contributed by atoms with Crippen LogP contribution in [0.4, 0.5) is 21.9 Å². The molecule has 3 aromatic heterocycles. The minimum Gasteiger partial charge on any atom is -0.409 e. The van der Waals surface area contributed by atoms with Crippen LogP contribution < -0.4 is 20.3 Å². The van der Waals surface area contributed by atoms with Crippen molar-refractivity contribution in [1.82, 2.24) is 24.7 Å². The van der Waals surface area contributed by atoms with E-state index >= 15 is 0 Å². The normalized spacial score (nSPS) is 16.5. The number of unbranched alkanes of at least 4 members (excludes halogenated alkanes) is 2. The largest absolute Gasteiger partial charge is 0.415 e. The number of carbonyl (C=O) groups is 6. The molecule has 6 heterocycles. The number of nitrogens with zero attached hydrogens (tertiary/aromatic N) is 4. The van der Waals surface area contributed by atoms with Crippen LogP contribution in [0, 0.1) is 6.92 Å². The fraction of sp³-hybridized carbons (Fsp3) is 0.304. The number of anilines is 3. The number of aryl methyl sites for hydroxylation is 1. The third-order valence-corrected chi connectivity index (χ3v) is 13.4. The summed E-state index contributed by atoms with van der Waals surface area (Å²) in [5.74, 6) is -0.785. The number of amides is 6. The Hall–Kier alpha value is -6.49. The van der Waals surface area contributed by atoms with Crippen molar-refractivity contribution in [3.8, 4) is 5.75 Å². The molecular formula is C46H45ClN8O7S. The summed E-state index contributed by atoms with van der Waals surface area (Å²) in [4.78, 5) is 90.4. The molecule has 1 fully saturated rings. The number of fused-ring (bicyclic) bond motifs is 5. The third-order valence-electron chi connectivity index (χ3n) is 11.9. The van der Waals surface area contributed by atoms with Crippen LogP contribution in [0.15, 0.2) is 72.1 Å². The number of thiophene rings is 1. The van der Waals surface area contributed by atoms with Gasteiger partial charge in [0.05, 0.1) is 10.4 Å². The van der Waals surface area contributed by atoms with Gasteiger partial charge in [0.15, 0.2) is 5.75 Å². The molecule has 4 N–H and O–H groups in total. The van der Waals surface area contributed by atoms with E-state index in [2.05, 4.69) is 25.5 Å². The summed E-state index contributed by atoms with van der Waals surface area (Å²) in [6, 6.07) is 16.0. The fourth-order valence-corrected chi connectivity index (χ4v) is 9.82. The van der Waals surface area contributed by atoms with Crippen molar-refractivity contribution in [2.45, 2.75) is 38.5 Å². The molecule has 0 bridgehead atoms. The van der Waals surface area contributed by atoms with Crippen molar-refractivity contribution in [3.63, 3.8) is 0 Å². The van der Waals surface area contributed by atoms with Gasteiger partial charge in [-0.15, -0.1) is 22.9 Å². The summed E-state index contributed by atoms with van der Waals surface area (Å²) in [6.07, 6.45) is 4.33. The van der Waals surface area contributed by atoms with E-state index in [1.165, 1.54) is 28.4 Å². The Kier molecular flexibility index (Phi) is 11.5. The number of aromatic nitrogens is 2. The maximum Gasteiger partial charge on any atom is 0.415 e. The number of piperazine rings is 1. The van der Waals surface area contributed by atoms with Gasteiger partial charge >= 0.3 is 6.09 Å². The third kappa shape index (κ3) is 8.41. The topological polar surface area (TPSA) is 180 Å². The number of nitrogens with one attached hydrogen (secondary N) is 4. The van der Waals surface area contributed by atoms with Gasteiger partial charge in [-0.1, -0.05) is 6.42 Å². The number of aromatic amines is 2. The first kappa shape index (κ1) is 41.8. The smallest absolute Gasteiger partial charge is 0.409 e. The van der Waals surface area contributed by atoms with Crippen LogP contribution in [-0.2, 0) is 14.4 Å². The number of alkyl halides is 1. The van der Waals surface area contributed by atoms with Crippen molar-refractivity contribution in [1.29, 1.82) is 0 Å². The van der Waals surface area contributed by atoms with Crippen LogP contribution in [-0.4, -0.2) is 112 Å². The zero-order chi connectivity index (χ0) is 43.9. The highest BCUT2D eigenvalue weighted by Gasteiger charge is 2.37. The van der Waals surface area contributed by atoms with Gasteiger partial charge in [-0.3, -0.25) is 28.9 Å². The molecule has 1 atom stereocenters. The number of rotatable bonds is 12. The summed E-state index contributed by atoms with van der Waals surface area (Å²) in [5, 5.41) is 10.3. The highest BCUT2D eigenvalue weighted by molar-refractivity contribution is 7.17. The number of H-pyrrole nitrogens is 2. The monoisotopic (exact) mass is 888 g/mol. The van der Waals surface area contributed by atoms with Gasteiger partial charge < -0.3 is 40.0 Å². The molecule has 6 amide bonds. The second-order valence-corrected chi connectivity index (χ2v) is 17.5. The van der Waals surface area contributed by atoms with Crippen LogP contribution in [0.3, 0.4) is 0 Å². The van der Waals surface area contributed by atoms with Crippen LogP contribution in [0.5, 0.6) is 5.75 Å². The number of benzene rings is 3. The zero-order valence-corrected chi connectivity index (χ0v) is 36.3. The number of imide groups is 1. The molecule has 0 saturated carbocycles. The first-order valence-electron chi connectivity index (χ1n) is 20.9. The second kappa shape index (κ2) is 17.3. The summed E-state index contributed by atoms with van der Waals surface area (Å²) < 4.78 is 6.92. The Morgan fingerprint density at radius 1 is 0.841 bits per heavy atom. The van der Waals surface area contributed by atoms with Gasteiger partial charge in [0.25, 0.3) is 23.6 Å². The number of halogens is 1. The molecule has 9 rings (SSSR count). The molecule has 1 saturated heterocycles. The van der Waals surface area contributed by atoms with Crippen LogP contribution in [0.2, 0.25) is 0 Å². The Labute approximate surface area is 370 Å². The molecule has 15 nitrogen and oxygen atoms in total. The van der Waals surface area contributed by atoms with Gasteiger partial charge in [-0.2, -0.15) is 0 Å². The Bertz CT molecular complexity index is 2850. The van der Waals surface area contributed by atoms with E-state index in [1.54, 1.807) is 58.3 Å². The summed E-state index contributed by atoms with van der Waals surface area (Å²) >= 11 is 8.07. The minimum atomic E-state index is -0.411. The standard InChI is InChI=1S/C46H45ClN8O7S/c1-26-25-63-43-37(62-46(61)53-16-14-52(2)15-17-53)22-36-42(41(26)43)29(23-47)24-55(36)45(60)35-21-28-19-31(8-10-33(28)51-35)49-44(59)34-20-27-18-30(7-9-32(27)50-34)48-38(56)6-4-3-5-13-54-39(57)11-12-40(54)58/h7-12,18-22,25,29,50-51H,3-6,13-17,23-24H2,1-2H3,(H,48,56)(H,49,59)/t29-/m1/s1. The predicted octanol–water partition coefficient (Wildman–Crippen LogP) is 7.58. The Balaban J connectivity index is 0.856. The molecule has 63 heavy (non-hydrogen) atoms. The molecule has 0 radical (unpaired) electrons. The average molecular weight is 889 g/mol. The highest BCUT2D eigenvalue weighted by atomic mass is 35.5. The number of hydrogen-bond acceptors (Lipinski definition) is 9. The second-order valence-electron chi connectivity index (χ2n) is 16.3. The number of hydrogen-bond donors (Lipinski definition) is 4. The number of likely N-dealkylation sites (N-methyl/N-ethyl adjacent to an activating group) is 1. The predicted molar refractivity (Wildman–Crippen MR) is 244 cm³/mol. The zero-order valence-electron chi connectivity index (χ0n) is 34.7. The van der Waals surface area contributed by atoms with Gasteiger partial charge in [0.2, 0.25) is 5.91 Å². The van der Waals surface area contributed by atoms with E-state index < -0.39 is 6.09 Å². The van der Waals surface area contributed by atoms with Crippen LogP contribution >= 0.6 is 22.9 Å². The number of carbonyl (C=O) groups excluding carboxylic acids is 6. The van der Waals surface area contributed by atoms with Crippen molar-refractivity contribution in [2.75, 3.05) is 67.7 Å². The summed E-state index contributed by atoms with van der Waals surface area (Å²) in [5.41, 5.74) is 5.91. The molecule has 0 spiro atoms. The van der Waals surface area contributed by atoms with E-state index in [4.69, 9.17) is 16.3 Å². The molecule has 17 heteroatoms. The average Bonchev–Trinajstić information content (AvgIpc) is 4.11. The van der Waals surface area contributed by atoms with Gasteiger partial charge in [-0.05, 0) is 91.9 Å². The van der Waals surface area contributed by atoms with Crippen LogP contribution in [0.1, 0.15) is 63.7 Å². The highest BCUT2D eigenvalue weighted by Crippen LogP contribution is 2.49. The van der Waals surface area contributed by atoms with Crippen molar-refractivity contribution in [3.05, 3.63) is 94.6 Å². The maximum atomic E-state index is 14.4. The van der Waals surface area contributed by atoms with E-state index in [0.29, 0.717) is 91.0 Å². The molecule has 3 aromatic carbocycles. The van der Waals surface area contributed by atoms with E-state index in [1.807, 2.05) is 25.4 Å². The first-order chi connectivity index (χ1) is 30.4. The quantitative estimate of drug-likeness (QED) is 0.0552. The summed E-state index contributed by atoms with van der Waals surface area (Å²) in [6.45, 7) is 5.39. The lowest BCUT2D eigenvalue weighted by molar-refractivity contribution is -0.136. The minimum absolute atomic E-state index is 0.126. The van der Waals surface area contributed by atoms with E-state index in [9.17, 15) is 28.8 Å². The molecular weight excluding hydrogens is 844 g/mol. The van der Waals surface area contributed by atoms with Gasteiger partial charge in [0.1, 0.15) is 11.4 Å². The maximum absolute atomic E-state index is 14.4. The van der Waals surface area contributed by atoms with E-state index in [-0.39, 0.29) is 41.9 Å². The van der Waals surface area contributed by atoms with Crippen molar-refractivity contribution in [2.24, 2.45) is 0 Å². The molecule has 324 valence electrons. The van der Waals surface area contributed by atoms with Crippen molar-refractivity contribution >= 4 is 108 Å². The van der Waals surface area contributed by atoms with Gasteiger partial charge in [-0.25, -0.2) is 4.79 Å².